The minimum absolute atomic E-state index is 0.495. The first-order valence-electron chi connectivity index (χ1n) is 6.60. The van der Waals surface area contributed by atoms with E-state index in [0.717, 1.165) is 19.0 Å². The molecule has 1 unspecified atom stereocenters. The zero-order valence-electron chi connectivity index (χ0n) is 9.52. The lowest BCUT2D eigenvalue weighted by Gasteiger charge is -2.29. The van der Waals surface area contributed by atoms with Crippen molar-refractivity contribution in [1.82, 2.24) is 20.1 Å². The molecule has 1 aromatic heterocycles. The molecular formula is C12H18N4. The largest absolute Gasteiger partial charge is 0.312 e. The third-order valence-corrected chi connectivity index (χ3v) is 4.35. The first-order valence-corrected chi connectivity index (χ1v) is 6.60. The van der Waals surface area contributed by atoms with Gasteiger partial charge in [-0.15, -0.1) is 10.2 Å². The first kappa shape index (κ1) is 9.16. The van der Waals surface area contributed by atoms with Gasteiger partial charge in [0.25, 0.3) is 0 Å². The highest BCUT2D eigenvalue weighted by atomic mass is 15.3. The van der Waals surface area contributed by atoms with Crippen molar-refractivity contribution in [2.24, 2.45) is 5.92 Å². The summed E-state index contributed by atoms with van der Waals surface area (Å²) in [4.78, 5) is 0. The Bertz CT molecular complexity index is 403. The van der Waals surface area contributed by atoms with E-state index >= 15 is 0 Å². The quantitative estimate of drug-likeness (QED) is 0.820. The van der Waals surface area contributed by atoms with Gasteiger partial charge in [-0.2, -0.15) is 0 Å². The second kappa shape index (κ2) is 3.29. The van der Waals surface area contributed by atoms with Gasteiger partial charge in [0.1, 0.15) is 5.82 Å². The number of fused-ring (bicyclic) bond motifs is 1. The average Bonchev–Trinajstić information content (AvgIpc) is 2.99. The van der Waals surface area contributed by atoms with E-state index in [-0.39, 0.29) is 0 Å². The second-order valence-electron chi connectivity index (χ2n) is 5.47. The highest BCUT2D eigenvalue weighted by Crippen LogP contribution is 2.43. The molecule has 0 aromatic carbocycles. The summed E-state index contributed by atoms with van der Waals surface area (Å²) in [5.41, 5.74) is 0. The van der Waals surface area contributed by atoms with E-state index in [9.17, 15) is 0 Å². The summed E-state index contributed by atoms with van der Waals surface area (Å²) in [5.74, 6) is 4.03. The molecule has 0 bridgehead atoms. The Morgan fingerprint density at radius 3 is 2.56 bits per heavy atom. The van der Waals surface area contributed by atoms with Crippen LogP contribution in [0.1, 0.15) is 55.7 Å². The summed E-state index contributed by atoms with van der Waals surface area (Å²) in [6.07, 6.45) is 6.74. The van der Waals surface area contributed by atoms with Crippen LogP contribution in [-0.2, 0) is 6.54 Å². The van der Waals surface area contributed by atoms with Gasteiger partial charge in [-0.05, 0) is 31.6 Å². The zero-order valence-corrected chi connectivity index (χ0v) is 9.52. The Labute approximate surface area is 95.4 Å². The third-order valence-electron chi connectivity index (χ3n) is 4.35. The molecule has 2 aliphatic carbocycles. The lowest BCUT2D eigenvalue weighted by Crippen LogP contribution is -2.36. The van der Waals surface area contributed by atoms with Crippen molar-refractivity contribution in [2.45, 2.75) is 50.6 Å². The molecular weight excluding hydrogens is 200 g/mol. The highest BCUT2D eigenvalue weighted by molar-refractivity contribution is 5.12. The van der Waals surface area contributed by atoms with Crippen LogP contribution in [0.4, 0.5) is 0 Å². The second-order valence-corrected chi connectivity index (χ2v) is 5.47. The highest BCUT2D eigenvalue weighted by Gasteiger charge is 2.38. The third kappa shape index (κ3) is 1.25. The summed E-state index contributed by atoms with van der Waals surface area (Å²) in [6.45, 7) is 2.16. The van der Waals surface area contributed by atoms with Crippen molar-refractivity contribution < 1.29 is 0 Å². The van der Waals surface area contributed by atoms with E-state index in [1.807, 2.05) is 0 Å². The maximum absolute atomic E-state index is 4.45. The van der Waals surface area contributed by atoms with Crippen molar-refractivity contribution >= 4 is 0 Å². The summed E-state index contributed by atoms with van der Waals surface area (Å²) < 4.78 is 2.41. The van der Waals surface area contributed by atoms with Gasteiger partial charge in [0.2, 0.25) is 0 Å². The fourth-order valence-electron chi connectivity index (χ4n) is 2.99. The molecule has 1 aromatic rings. The molecule has 0 amide bonds. The van der Waals surface area contributed by atoms with Crippen LogP contribution >= 0.6 is 0 Å². The molecule has 4 nitrogen and oxygen atoms in total. The van der Waals surface area contributed by atoms with Gasteiger partial charge in [-0.1, -0.05) is 6.42 Å². The molecule has 2 fully saturated rings. The van der Waals surface area contributed by atoms with Crippen LogP contribution in [-0.4, -0.2) is 21.3 Å². The normalized spacial score (nSPS) is 29.9. The Balaban J connectivity index is 1.70. The van der Waals surface area contributed by atoms with Crippen LogP contribution in [0.2, 0.25) is 0 Å². The number of hydrogen-bond acceptors (Lipinski definition) is 3. The van der Waals surface area contributed by atoms with Crippen molar-refractivity contribution in [3.63, 3.8) is 0 Å². The molecule has 1 atom stereocenters. The predicted molar refractivity (Wildman–Crippen MR) is 60.1 cm³/mol. The van der Waals surface area contributed by atoms with Gasteiger partial charge in [0.15, 0.2) is 5.82 Å². The van der Waals surface area contributed by atoms with Gasteiger partial charge < -0.3 is 9.88 Å². The van der Waals surface area contributed by atoms with E-state index in [4.69, 9.17) is 0 Å². The van der Waals surface area contributed by atoms with Gasteiger partial charge in [-0.3, -0.25) is 0 Å². The van der Waals surface area contributed by atoms with E-state index in [1.54, 1.807) is 0 Å². The lowest BCUT2D eigenvalue weighted by molar-refractivity contribution is 0.347. The van der Waals surface area contributed by atoms with E-state index in [0.29, 0.717) is 12.0 Å². The number of nitrogens with zero attached hydrogens (tertiary/aromatic N) is 3. The molecule has 0 saturated heterocycles. The van der Waals surface area contributed by atoms with Crippen molar-refractivity contribution in [2.75, 3.05) is 6.54 Å². The van der Waals surface area contributed by atoms with E-state index < -0.39 is 0 Å². The number of nitrogens with one attached hydrogen (secondary N) is 1. The summed E-state index contributed by atoms with van der Waals surface area (Å²) in [6, 6.07) is 0.495. The molecule has 3 aliphatic rings. The van der Waals surface area contributed by atoms with E-state index in [1.165, 1.54) is 43.8 Å². The Hall–Kier alpha value is -0.900. The minimum atomic E-state index is 0.495. The van der Waals surface area contributed by atoms with Crippen molar-refractivity contribution in [3.05, 3.63) is 11.6 Å². The van der Waals surface area contributed by atoms with Crippen LogP contribution in [0.15, 0.2) is 0 Å². The van der Waals surface area contributed by atoms with Gasteiger partial charge in [0.05, 0.1) is 6.04 Å². The van der Waals surface area contributed by atoms with Gasteiger partial charge >= 0.3 is 0 Å². The average molecular weight is 218 g/mol. The molecule has 1 aliphatic heterocycles. The van der Waals surface area contributed by atoms with Crippen molar-refractivity contribution in [1.29, 1.82) is 0 Å². The Morgan fingerprint density at radius 1 is 1.06 bits per heavy atom. The van der Waals surface area contributed by atoms with Gasteiger partial charge in [-0.25, -0.2) is 0 Å². The maximum atomic E-state index is 4.45. The Morgan fingerprint density at radius 2 is 1.88 bits per heavy atom. The fourth-order valence-corrected chi connectivity index (χ4v) is 2.99. The summed E-state index contributed by atoms with van der Waals surface area (Å²) >= 11 is 0. The molecule has 0 radical (unpaired) electrons. The molecule has 86 valence electrons. The first-order chi connectivity index (χ1) is 7.93. The predicted octanol–water partition coefficient (Wildman–Crippen LogP) is 1.60. The monoisotopic (exact) mass is 218 g/mol. The van der Waals surface area contributed by atoms with Gasteiger partial charge in [0, 0.05) is 19.0 Å². The van der Waals surface area contributed by atoms with Crippen LogP contribution in [0, 0.1) is 5.92 Å². The topological polar surface area (TPSA) is 42.7 Å². The molecule has 2 saturated carbocycles. The molecule has 16 heavy (non-hydrogen) atoms. The van der Waals surface area contributed by atoms with Crippen LogP contribution in [0.5, 0.6) is 0 Å². The SMILES string of the molecule is C1CC(c2nnc3n2CCNC3C2CC2)C1. The number of rotatable bonds is 2. The lowest BCUT2D eigenvalue weighted by atomic mass is 9.84. The number of hydrogen-bond donors (Lipinski definition) is 1. The summed E-state index contributed by atoms with van der Waals surface area (Å²) in [7, 11) is 0. The molecule has 4 heteroatoms. The van der Waals surface area contributed by atoms with Crippen LogP contribution < -0.4 is 5.32 Å². The summed E-state index contributed by atoms with van der Waals surface area (Å²) in [5, 5.41) is 12.5. The standard InChI is InChI=1S/C12H18N4/c1-2-9(3-1)11-14-15-12-10(8-4-5-8)13-6-7-16(11)12/h8-10,13H,1-7H2. The maximum Gasteiger partial charge on any atom is 0.150 e. The fraction of sp³-hybridized carbons (Fsp3) is 0.833. The van der Waals surface area contributed by atoms with Crippen molar-refractivity contribution in [3.8, 4) is 0 Å². The molecule has 1 N–H and O–H groups in total. The molecule has 4 rings (SSSR count). The zero-order chi connectivity index (χ0) is 10.5. The van der Waals surface area contributed by atoms with E-state index in [2.05, 4.69) is 20.1 Å². The number of aromatic nitrogens is 3. The molecule has 0 spiro atoms. The molecule has 2 heterocycles. The smallest absolute Gasteiger partial charge is 0.150 e. The Kier molecular flexibility index (Phi) is 1.89. The van der Waals surface area contributed by atoms with Crippen LogP contribution in [0.25, 0.3) is 0 Å². The minimum Gasteiger partial charge on any atom is -0.312 e. The van der Waals surface area contributed by atoms with Crippen LogP contribution in [0.3, 0.4) is 0 Å².